The van der Waals surface area contributed by atoms with E-state index in [1.54, 1.807) is 0 Å². The number of nitrogen functional groups attached to an aromatic ring is 1. The predicted octanol–water partition coefficient (Wildman–Crippen LogP) is 3.10. The van der Waals surface area contributed by atoms with Crippen LogP contribution >= 0.6 is 0 Å². The average Bonchev–Trinajstić information content (AvgIpc) is 1.95. The summed E-state index contributed by atoms with van der Waals surface area (Å²) in [5.41, 5.74) is 8.82. The Labute approximate surface area is 87.2 Å². The van der Waals surface area contributed by atoms with Gasteiger partial charge in [0.05, 0.1) is 0 Å². The fourth-order valence-corrected chi connectivity index (χ4v) is 2.39. The molecule has 2 N–H and O–H groups in total. The lowest BCUT2D eigenvalue weighted by Crippen LogP contribution is -2.30. The number of rotatable bonds is 2. The molecule has 0 aliphatic carbocycles. The van der Waals surface area contributed by atoms with Crippen LogP contribution in [0, 0.1) is 13.8 Å². The van der Waals surface area contributed by atoms with Crippen molar-refractivity contribution in [2.75, 3.05) is 5.73 Å². The molecule has 2 nitrogen and oxygen atoms in total. The van der Waals surface area contributed by atoms with Crippen molar-refractivity contribution < 1.29 is 4.43 Å². The Kier molecular flexibility index (Phi) is 2.90. The van der Waals surface area contributed by atoms with Gasteiger partial charge in [-0.1, -0.05) is 0 Å². The highest BCUT2D eigenvalue weighted by Gasteiger charge is 2.18. The summed E-state index contributed by atoms with van der Waals surface area (Å²) < 4.78 is 6.00. The van der Waals surface area contributed by atoms with Crippen LogP contribution in [0.2, 0.25) is 19.6 Å². The third-order valence-electron chi connectivity index (χ3n) is 1.89. The molecule has 0 radical (unpaired) electrons. The molecule has 0 saturated heterocycles. The Hall–Kier alpha value is -0.963. The molecule has 78 valence electrons. The molecule has 0 heterocycles. The summed E-state index contributed by atoms with van der Waals surface area (Å²) in [6, 6.07) is 3.92. The Morgan fingerprint density at radius 2 is 1.50 bits per heavy atom. The maximum absolute atomic E-state index is 6.00. The number of aryl methyl sites for hydroxylation is 2. The van der Waals surface area contributed by atoms with Crippen LogP contribution in [0.25, 0.3) is 0 Å². The van der Waals surface area contributed by atoms with Crippen LogP contribution in [0.4, 0.5) is 5.69 Å². The third-order valence-corrected chi connectivity index (χ3v) is 2.71. The first-order valence-electron chi connectivity index (χ1n) is 4.85. The highest BCUT2D eigenvalue weighted by atomic mass is 28.4. The van der Waals surface area contributed by atoms with Gasteiger partial charge in [-0.2, -0.15) is 0 Å². The van der Waals surface area contributed by atoms with E-state index >= 15 is 0 Å². The fourth-order valence-electron chi connectivity index (χ4n) is 1.45. The zero-order valence-corrected chi connectivity index (χ0v) is 10.6. The van der Waals surface area contributed by atoms with Crippen molar-refractivity contribution in [3.63, 3.8) is 0 Å². The zero-order valence-electron chi connectivity index (χ0n) is 9.64. The molecule has 0 aliphatic heterocycles. The Morgan fingerprint density at radius 3 is 1.86 bits per heavy atom. The van der Waals surface area contributed by atoms with Gasteiger partial charge < -0.3 is 10.2 Å². The molecule has 0 aliphatic rings. The summed E-state index contributed by atoms with van der Waals surface area (Å²) in [7, 11) is -1.52. The van der Waals surface area contributed by atoms with Crippen molar-refractivity contribution >= 4 is 14.0 Å². The molecule has 0 amide bonds. The monoisotopic (exact) mass is 209 g/mol. The largest absolute Gasteiger partial charge is 0.544 e. The lowest BCUT2D eigenvalue weighted by molar-refractivity contribution is 0.548. The van der Waals surface area contributed by atoms with Crippen molar-refractivity contribution in [3.05, 3.63) is 23.3 Å². The van der Waals surface area contributed by atoms with E-state index in [0.29, 0.717) is 0 Å². The number of anilines is 1. The maximum Gasteiger partial charge on any atom is 0.242 e. The van der Waals surface area contributed by atoms with E-state index in [4.69, 9.17) is 10.2 Å². The summed E-state index contributed by atoms with van der Waals surface area (Å²) in [6.07, 6.45) is 0. The lowest BCUT2D eigenvalue weighted by atomic mass is 10.1. The van der Waals surface area contributed by atoms with Gasteiger partial charge in [0.25, 0.3) is 0 Å². The first-order valence-corrected chi connectivity index (χ1v) is 8.26. The van der Waals surface area contributed by atoms with E-state index in [9.17, 15) is 0 Å². The summed E-state index contributed by atoms with van der Waals surface area (Å²) >= 11 is 0. The second-order valence-electron chi connectivity index (χ2n) is 4.70. The van der Waals surface area contributed by atoms with Crippen molar-refractivity contribution in [3.8, 4) is 5.75 Å². The summed E-state index contributed by atoms with van der Waals surface area (Å²) in [6.45, 7) is 10.6. The topological polar surface area (TPSA) is 35.2 Å². The van der Waals surface area contributed by atoms with E-state index < -0.39 is 8.32 Å². The molecule has 0 atom stereocenters. The first kappa shape index (κ1) is 11.1. The molecule has 0 aromatic heterocycles. The van der Waals surface area contributed by atoms with Gasteiger partial charge >= 0.3 is 0 Å². The Morgan fingerprint density at radius 1 is 1.07 bits per heavy atom. The van der Waals surface area contributed by atoms with Crippen molar-refractivity contribution in [2.24, 2.45) is 0 Å². The van der Waals surface area contributed by atoms with Crippen LogP contribution in [-0.2, 0) is 0 Å². The van der Waals surface area contributed by atoms with Crippen molar-refractivity contribution in [1.82, 2.24) is 0 Å². The smallest absolute Gasteiger partial charge is 0.242 e. The average molecular weight is 209 g/mol. The van der Waals surface area contributed by atoms with E-state index in [2.05, 4.69) is 19.6 Å². The van der Waals surface area contributed by atoms with Crippen LogP contribution in [-0.4, -0.2) is 8.32 Å². The number of benzene rings is 1. The summed E-state index contributed by atoms with van der Waals surface area (Å²) in [5.74, 6) is 1.01. The van der Waals surface area contributed by atoms with E-state index in [-0.39, 0.29) is 0 Å². The standard InChI is InChI=1S/C11H19NOSi/c1-8-6-10(12)7-9(2)11(8)13-14(3,4)5/h6-7H,12H2,1-5H3. The molecule has 1 rings (SSSR count). The molecule has 0 fully saturated rings. The molecular weight excluding hydrogens is 190 g/mol. The zero-order chi connectivity index (χ0) is 10.9. The van der Waals surface area contributed by atoms with Gasteiger partial charge in [-0.25, -0.2) is 0 Å². The highest BCUT2D eigenvalue weighted by Crippen LogP contribution is 2.28. The van der Waals surface area contributed by atoms with Gasteiger partial charge in [-0.15, -0.1) is 0 Å². The number of hydrogen-bond donors (Lipinski definition) is 1. The van der Waals surface area contributed by atoms with Crippen LogP contribution in [0.15, 0.2) is 12.1 Å². The lowest BCUT2D eigenvalue weighted by Gasteiger charge is -2.22. The maximum atomic E-state index is 6.00. The molecule has 0 unspecified atom stereocenters. The minimum absolute atomic E-state index is 0.808. The quantitative estimate of drug-likeness (QED) is 0.600. The van der Waals surface area contributed by atoms with E-state index in [1.807, 2.05) is 26.0 Å². The Balaban J connectivity index is 3.09. The fraction of sp³-hybridized carbons (Fsp3) is 0.455. The minimum atomic E-state index is -1.52. The van der Waals surface area contributed by atoms with Gasteiger partial charge in [-0.05, 0) is 56.7 Å². The number of nitrogens with two attached hydrogens (primary N) is 1. The van der Waals surface area contributed by atoms with Crippen LogP contribution in [0.3, 0.4) is 0 Å². The molecule has 1 aromatic rings. The van der Waals surface area contributed by atoms with Crippen LogP contribution in [0.5, 0.6) is 5.75 Å². The SMILES string of the molecule is Cc1cc(N)cc(C)c1O[Si](C)(C)C. The Bertz CT molecular complexity index is 319. The molecule has 1 aromatic carbocycles. The van der Waals surface area contributed by atoms with Crippen molar-refractivity contribution in [1.29, 1.82) is 0 Å². The molecule has 0 spiro atoms. The molecule has 0 saturated carbocycles. The molecule has 14 heavy (non-hydrogen) atoms. The number of hydrogen-bond acceptors (Lipinski definition) is 2. The van der Waals surface area contributed by atoms with Gasteiger partial charge in [0.1, 0.15) is 5.75 Å². The summed E-state index contributed by atoms with van der Waals surface area (Å²) in [4.78, 5) is 0. The van der Waals surface area contributed by atoms with Crippen molar-refractivity contribution in [2.45, 2.75) is 33.5 Å². The minimum Gasteiger partial charge on any atom is -0.544 e. The van der Waals surface area contributed by atoms with Gasteiger partial charge in [-0.3, -0.25) is 0 Å². The van der Waals surface area contributed by atoms with Gasteiger partial charge in [0.2, 0.25) is 8.32 Å². The molecule has 0 bridgehead atoms. The van der Waals surface area contributed by atoms with Gasteiger partial charge in [0, 0.05) is 5.69 Å². The van der Waals surface area contributed by atoms with Gasteiger partial charge in [0.15, 0.2) is 0 Å². The second-order valence-corrected chi connectivity index (χ2v) is 9.13. The molecule has 3 heteroatoms. The first-order chi connectivity index (χ1) is 6.29. The second kappa shape index (κ2) is 3.65. The summed E-state index contributed by atoms with van der Waals surface area (Å²) in [5, 5.41) is 0. The third kappa shape index (κ3) is 2.77. The molecular formula is C11H19NOSi. The van der Waals surface area contributed by atoms with Crippen LogP contribution < -0.4 is 10.2 Å². The predicted molar refractivity (Wildman–Crippen MR) is 64.3 cm³/mol. The van der Waals surface area contributed by atoms with E-state index in [0.717, 1.165) is 22.6 Å². The normalized spacial score (nSPS) is 11.5. The van der Waals surface area contributed by atoms with E-state index in [1.165, 1.54) is 0 Å². The van der Waals surface area contributed by atoms with Crippen LogP contribution in [0.1, 0.15) is 11.1 Å². The highest BCUT2D eigenvalue weighted by molar-refractivity contribution is 6.70.